The zero-order valence-corrected chi connectivity index (χ0v) is 14.0. The molecule has 0 aliphatic heterocycles. The summed E-state index contributed by atoms with van der Waals surface area (Å²) >= 11 is 0. The molecule has 27 heavy (non-hydrogen) atoms. The quantitative estimate of drug-likeness (QED) is 0.468. The van der Waals surface area contributed by atoms with Gasteiger partial charge >= 0.3 is 6.36 Å². The van der Waals surface area contributed by atoms with Crippen molar-refractivity contribution in [3.05, 3.63) is 78.1 Å². The number of hydrogen-bond donors (Lipinski definition) is 1. The Kier molecular flexibility index (Phi) is 5.21. The van der Waals surface area contributed by atoms with Gasteiger partial charge in [0.1, 0.15) is 23.9 Å². The Morgan fingerprint density at radius 3 is 2.26 bits per heavy atom. The van der Waals surface area contributed by atoms with Crippen LogP contribution in [0.3, 0.4) is 0 Å². The lowest BCUT2D eigenvalue weighted by atomic mass is 10.0. The summed E-state index contributed by atoms with van der Waals surface area (Å²) in [7, 11) is 0. The van der Waals surface area contributed by atoms with Crippen LogP contribution in [0.4, 0.5) is 23.2 Å². The molecular formula is C20H15F4NO2. The van der Waals surface area contributed by atoms with Gasteiger partial charge in [0.05, 0.1) is 0 Å². The molecule has 0 atom stereocenters. The molecule has 0 saturated heterocycles. The number of nitrogen functional groups attached to an aromatic ring is 1. The van der Waals surface area contributed by atoms with E-state index in [2.05, 4.69) is 4.74 Å². The SMILES string of the molecule is Nc1ccc(F)cc1-c1cccc(COc2ccc(OC(F)(F)F)cc2)c1. The van der Waals surface area contributed by atoms with Crippen molar-refractivity contribution in [3.8, 4) is 22.6 Å². The average Bonchev–Trinajstić information content (AvgIpc) is 2.62. The first-order valence-corrected chi connectivity index (χ1v) is 7.93. The Hall–Kier alpha value is -3.22. The smallest absolute Gasteiger partial charge is 0.489 e. The van der Waals surface area contributed by atoms with Crippen molar-refractivity contribution in [2.24, 2.45) is 0 Å². The molecule has 7 heteroatoms. The van der Waals surface area contributed by atoms with Crippen LogP contribution in [-0.4, -0.2) is 6.36 Å². The maximum atomic E-state index is 13.5. The summed E-state index contributed by atoms with van der Waals surface area (Å²) in [4.78, 5) is 0. The molecule has 0 aliphatic carbocycles. The highest BCUT2D eigenvalue weighted by molar-refractivity contribution is 5.76. The molecule has 0 fully saturated rings. The molecule has 0 bridgehead atoms. The van der Waals surface area contributed by atoms with Gasteiger partial charge in [0, 0.05) is 11.3 Å². The minimum absolute atomic E-state index is 0.183. The van der Waals surface area contributed by atoms with E-state index in [1.807, 2.05) is 12.1 Å². The van der Waals surface area contributed by atoms with Crippen LogP contribution in [0.1, 0.15) is 5.56 Å². The highest BCUT2D eigenvalue weighted by Crippen LogP contribution is 2.28. The molecule has 0 heterocycles. The fourth-order valence-corrected chi connectivity index (χ4v) is 2.51. The Bertz CT molecular complexity index is 924. The van der Waals surface area contributed by atoms with Crippen LogP contribution in [0.5, 0.6) is 11.5 Å². The summed E-state index contributed by atoms with van der Waals surface area (Å²) in [6, 6.07) is 16.5. The Balaban J connectivity index is 1.69. The van der Waals surface area contributed by atoms with E-state index in [4.69, 9.17) is 10.5 Å². The number of anilines is 1. The van der Waals surface area contributed by atoms with Gasteiger partial charge in [-0.1, -0.05) is 18.2 Å². The van der Waals surface area contributed by atoms with Crippen LogP contribution >= 0.6 is 0 Å². The second-order valence-corrected chi connectivity index (χ2v) is 5.74. The van der Waals surface area contributed by atoms with Crippen molar-refractivity contribution in [1.29, 1.82) is 0 Å². The predicted octanol–water partition coefficient (Wildman–Crippen LogP) is 5.55. The van der Waals surface area contributed by atoms with E-state index in [0.29, 0.717) is 17.0 Å². The number of ether oxygens (including phenoxy) is 2. The third-order valence-electron chi connectivity index (χ3n) is 3.72. The zero-order chi connectivity index (χ0) is 19.4. The van der Waals surface area contributed by atoms with Gasteiger partial charge in [0.2, 0.25) is 0 Å². The summed E-state index contributed by atoms with van der Waals surface area (Å²) in [5.41, 5.74) is 8.47. The fraction of sp³-hybridized carbons (Fsp3) is 0.100. The van der Waals surface area contributed by atoms with Gasteiger partial charge in [0.15, 0.2) is 0 Å². The van der Waals surface area contributed by atoms with Crippen LogP contribution < -0.4 is 15.2 Å². The largest absolute Gasteiger partial charge is 0.573 e. The number of benzene rings is 3. The fourth-order valence-electron chi connectivity index (χ4n) is 2.51. The Labute approximate surface area is 153 Å². The number of halogens is 4. The maximum absolute atomic E-state index is 13.5. The van der Waals surface area contributed by atoms with Crippen molar-refractivity contribution in [2.45, 2.75) is 13.0 Å². The first kappa shape index (κ1) is 18.6. The molecule has 0 aromatic heterocycles. The van der Waals surface area contributed by atoms with Crippen molar-refractivity contribution < 1.29 is 27.0 Å². The van der Waals surface area contributed by atoms with Gasteiger partial charge in [0.25, 0.3) is 0 Å². The van der Waals surface area contributed by atoms with Crippen LogP contribution in [-0.2, 0) is 6.61 Å². The first-order valence-electron chi connectivity index (χ1n) is 7.93. The summed E-state index contributed by atoms with van der Waals surface area (Å²) in [6.07, 6.45) is -4.73. The van der Waals surface area contributed by atoms with Crippen molar-refractivity contribution in [1.82, 2.24) is 0 Å². The number of rotatable bonds is 5. The van der Waals surface area contributed by atoms with Crippen LogP contribution in [0.15, 0.2) is 66.7 Å². The first-order chi connectivity index (χ1) is 12.8. The molecule has 3 aromatic carbocycles. The van der Waals surface area contributed by atoms with E-state index >= 15 is 0 Å². The maximum Gasteiger partial charge on any atom is 0.573 e. The molecule has 0 radical (unpaired) electrons. The van der Waals surface area contributed by atoms with Crippen molar-refractivity contribution in [2.75, 3.05) is 5.73 Å². The molecule has 3 aromatic rings. The van der Waals surface area contributed by atoms with Crippen molar-refractivity contribution >= 4 is 5.69 Å². The number of alkyl halides is 3. The Morgan fingerprint density at radius 2 is 1.56 bits per heavy atom. The normalized spacial score (nSPS) is 11.3. The van der Waals surface area contributed by atoms with Gasteiger partial charge in [-0.15, -0.1) is 13.2 Å². The van der Waals surface area contributed by atoms with E-state index in [1.54, 1.807) is 12.1 Å². The van der Waals surface area contributed by atoms with Crippen LogP contribution in [0.25, 0.3) is 11.1 Å². The lowest BCUT2D eigenvalue weighted by Crippen LogP contribution is -2.16. The number of hydrogen-bond acceptors (Lipinski definition) is 3. The summed E-state index contributed by atoms with van der Waals surface area (Å²) in [6.45, 7) is 0.183. The van der Waals surface area contributed by atoms with E-state index in [-0.39, 0.29) is 18.2 Å². The molecule has 0 amide bonds. The average molecular weight is 377 g/mol. The topological polar surface area (TPSA) is 44.5 Å². The molecule has 3 rings (SSSR count). The molecule has 0 saturated carbocycles. The third-order valence-corrected chi connectivity index (χ3v) is 3.72. The molecular weight excluding hydrogens is 362 g/mol. The van der Waals surface area contributed by atoms with E-state index < -0.39 is 6.36 Å². The molecule has 0 aliphatic rings. The van der Waals surface area contributed by atoms with E-state index in [1.165, 1.54) is 42.5 Å². The molecule has 0 unspecified atom stereocenters. The molecule has 0 spiro atoms. The van der Waals surface area contributed by atoms with Gasteiger partial charge in [-0.2, -0.15) is 0 Å². The van der Waals surface area contributed by atoms with Crippen LogP contribution in [0, 0.1) is 5.82 Å². The molecule has 140 valence electrons. The predicted molar refractivity (Wildman–Crippen MR) is 93.7 cm³/mol. The lowest BCUT2D eigenvalue weighted by Gasteiger charge is -2.11. The molecule has 2 N–H and O–H groups in total. The third kappa shape index (κ3) is 5.13. The van der Waals surface area contributed by atoms with E-state index in [9.17, 15) is 17.6 Å². The summed E-state index contributed by atoms with van der Waals surface area (Å²) < 4.78 is 59.3. The lowest BCUT2D eigenvalue weighted by molar-refractivity contribution is -0.274. The van der Waals surface area contributed by atoms with Gasteiger partial charge < -0.3 is 15.2 Å². The Morgan fingerprint density at radius 1 is 0.852 bits per heavy atom. The minimum Gasteiger partial charge on any atom is -0.489 e. The second-order valence-electron chi connectivity index (χ2n) is 5.74. The van der Waals surface area contributed by atoms with Crippen LogP contribution in [0.2, 0.25) is 0 Å². The van der Waals surface area contributed by atoms with Gasteiger partial charge in [-0.05, 0) is 59.7 Å². The zero-order valence-electron chi connectivity index (χ0n) is 14.0. The minimum atomic E-state index is -4.73. The van der Waals surface area contributed by atoms with Gasteiger partial charge in [-0.3, -0.25) is 0 Å². The number of nitrogens with two attached hydrogens (primary N) is 1. The summed E-state index contributed by atoms with van der Waals surface area (Å²) in [5, 5.41) is 0. The van der Waals surface area contributed by atoms with Crippen molar-refractivity contribution in [3.63, 3.8) is 0 Å². The standard InChI is InChI=1S/C20H15F4NO2/c21-15-4-9-19(25)18(11-15)14-3-1-2-13(10-14)12-26-16-5-7-17(8-6-16)27-20(22,23)24/h1-11H,12,25H2. The van der Waals surface area contributed by atoms with E-state index in [0.717, 1.165) is 11.1 Å². The highest BCUT2D eigenvalue weighted by atomic mass is 19.4. The molecule has 3 nitrogen and oxygen atoms in total. The highest BCUT2D eigenvalue weighted by Gasteiger charge is 2.30. The summed E-state index contributed by atoms with van der Waals surface area (Å²) in [5.74, 6) is -0.319. The monoisotopic (exact) mass is 377 g/mol. The van der Waals surface area contributed by atoms with Gasteiger partial charge in [-0.25, -0.2) is 4.39 Å². The second kappa shape index (κ2) is 7.57.